The number of rotatable bonds is 5. The second-order valence-corrected chi connectivity index (χ2v) is 5.05. The molecule has 0 spiro atoms. The standard InChI is InChI=1S/C13H13NO8/c15-9(16)3-6-7(4-14-10(6)12(19)20)5-1-2-8(11(17)18)22-13(5)21/h1-2,6-7,10,14H,3-4H2,(H,15,16)(H,17,18)(H,19,20)/p+1/t6-,7+,10-/m0/s1. The van der Waals surface area contributed by atoms with Crippen LogP contribution < -0.4 is 10.9 Å². The zero-order chi connectivity index (χ0) is 16.4. The summed E-state index contributed by atoms with van der Waals surface area (Å²) >= 11 is 0. The average Bonchev–Trinajstić information content (AvgIpc) is 2.81. The zero-order valence-electron chi connectivity index (χ0n) is 11.3. The van der Waals surface area contributed by atoms with Crippen LogP contribution in [0.5, 0.6) is 0 Å². The van der Waals surface area contributed by atoms with Crippen molar-refractivity contribution in [2.24, 2.45) is 5.92 Å². The molecular formula is C13H14NO8+. The van der Waals surface area contributed by atoms with Crippen molar-refractivity contribution in [1.29, 1.82) is 0 Å². The summed E-state index contributed by atoms with van der Waals surface area (Å²) in [5.41, 5.74) is -0.795. The average molecular weight is 312 g/mol. The van der Waals surface area contributed by atoms with Gasteiger partial charge in [-0.3, -0.25) is 4.79 Å². The molecule has 0 unspecified atom stereocenters. The lowest BCUT2D eigenvalue weighted by Gasteiger charge is -2.16. The minimum absolute atomic E-state index is 0.0938. The van der Waals surface area contributed by atoms with Gasteiger partial charge < -0.3 is 25.1 Å². The van der Waals surface area contributed by atoms with Gasteiger partial charge in [0.15, 0.2) is 6.04 Å². The van der Waals surface area contributed by atoms with Crippen molar-refractivity contribution in [2.75, 3.05) is 6.54 Å². The van der Waals surface area contributed by atoms with Gasteiger partial charge >= 0.3 is 23.5 Å². The summed E-state index contributed by atoms with van der Waals surface area (Å²) in [4.78, 5) is 44.8. The smallest absolute Gasteiger partial charge is 0.371 e. The molecule has 9 heteroatoms. The first kappa shape index (κ1) is 15.7. The van der Waals surface area contributed by atoms with Gasteiger partial charge in [0.25, 0.3) is 0 Å². The van der Waals surface area contributed by atoms with Gasteiger partial charge in [0.05, 0.1) is 13.0 Å². The molecule has 0 radical (unpaired) electrons. The second-order valence-electron chi connectivity index (χ2n) is 5.05. The molecule has 1 fully saturated rings. The molecule has 2 rings (SSSR count). The van der Waals surface area contributed by atoms with Crippen molar-refractivity contribution in [1.82, 2.24) is 0 Å². The molecule has 1 aliphatic heterocycles. The van der Waals surface area contributed by atoms with E-state index in [2.05, 4.69) is 4.42 Å². The summed E-state index contributed by atoms with van der Waals surface area (Å²) in [5.74, 6) is -5.65. The molecule has 2 heterocycles. The van der Waals surface area contributed by atoms with Crippen LogP contribution in [0, 0.1) is 5.92 Å². The van der Waals surface area contributed by atoms with Crippen molar-refractivity contribution >= 4 is 17.9 Å². The van der Waals surface area contributed by atoms with E-state index in [1.807, 2.05) is 0 Å². The van der Waals surface area contributed by atoms with Crippen molar-refractivity contribution < 1.29 is 39.4 Å². The summed E-state index contributed by atoms with van der Waals surface area (Å²) in [6.45, 7) is 0.214. The summed E-state index contributed by atoms with van der Waals surface area (Å²) in [6.07, 6.45) is -0.405. The van der Waals surface area contributed by atoms with Gasteiger partial charge in [0, 0.05) is 17.4 Å². The number of hydrogen-bond acceptors (Lipinski definition) is 5. The van der Waals surface area contributed by atoms with Crippen LogP contribution >= 0.6 is 0 Å². The van der Waals surface area contributed by atoms with Gasteiger partial charge in [-0.15, -0.1) is 0 Å². The molecule has 5 N–H and O–H groups in total. The predicted octanol–water partition coefficient (Wildman–Crippen LogP) is -1.46. The molecule has 9 nitrogen and oxygen atoms in total. The van der Waals surface area contributed by atoms with Crippen LogP contribution in [0.1, 0.15) is 28.5 Å². The van der Waals surface area contributed by atoms with E-state index in [1.165, 1.54) is 11.4 Å². The minimum Gasteiger partial charge on any atom is -0.481 e. The summed E-state index contributed by atoms with van der Waals surface area (Å²) in [7, 11) is 0. The molecule has 3 atom stereocenters. The quantitative estimate of drug-likeness (QED) is 0.513. The van der Waals surface area contributed by atoms with Gasteiger partial charge in [-0.2, -0.15) is 0 Å². The molecule has 1 aliphatic rings. The van der Waals surface area contributed by atoms with E-state index in [9.17, 15) is 19.2 Å². The highest BCUT2D eigenvalue weighted by atomic mass is 16.4. The number of quaternary nitrogens is 1. The normalized spacial score (nSPS) is 24.1. The van der Waals surface area contributed by atoms with Gasteiger partial charge in [-0.1, -0.05) is 0 Å². The van der Waals surface area contributed by atoms with Crippen molar-refractivity contribution in [2.45, 2.75) is 18.4 Å². The lowest BCUT2D eigenvalue weighted by molar-refractivity contribution is -0.662. The maximum absolute atomic E-state index is 11.9. The number of nitrogens with two attached hydrogens (primary N) is 1. The Bertz CT molecular complexity index is 679. The summed E-state index contributed by atoms with van der Waals surface area (Å²) < 4.78 is 4.67. The SMILES string of the molecule is O=C(O)C[C@@H]1[C@@H](C(=O)O)[NH2+]C[C@@H]1c1ccc(C(=O)O)oc1=O. The Morgan fingerprint density at radius 3 is 2.41 bits per heavy atom. The Kier molecular flexibility index (Phi) is 4.27. The van der Waals surface area contributed by atoms with Crippen LogP contribution in [0.3, 0.4) is 0 Å². The third kappa shape index (κ3) is 2.98. The summed E-state index contributed by atoms with van der Waals surface area (Å²) in [6, 6.07) is 1.39. The second kappa shape index (κ2) is 5.98. The fourth-order valence-electron chi connectivity index (χ4n) is 2.82. The number of aliphatic carboxylic acids is 2. The Balaban J connectivity index is 2.38. The fraction of sp³-hybridized carbons (Fsp3) is 0.385. The third-order valence-corrected chi connectivity index (χ3v) is 3.78. The van der Waals surface area contributed by atoms with Gasteiger partial charge in [0.1, 0.15) is 0 Å². The van der Waals surface area contributed by atoms with E-state index in [4.69, 9.17) is 15.3 Å². The first-order valence-corrected chi connectivity index (χ1v) is 6.46. The zero-order valence-corrected chi connectivity index (χ0v) is 11.3. The molecule has 1 saturated heterocycles. The third-order valence-electron chi connectivity index (χ3n) is 3.78. The van der Waals surface area contributed by atoms with Crippen LogP contribution in [0.15, 0.2) is 21.3 Å². The van der Waals surface area contributed by atoms with E-state index in [1.54, 1.807) is 0 Å². The fourth-order valence-corrected chi connectivity index (χ4v) is 2.82. The van der Waals surface area contributed by atoms with Crippen LogP contribution in [0.2, 0.25) is 0 Å². The van der Waals surface area contributed by atoms with E-state index in [0.29, 0.717) is 0 Å². The molecular weight excluding hydrogens is 298 g/mol. The first-order valence-electron chi connectivity index (χ1n) is 6.46. The molecule has 0 aliphatic carbocycles. The molecule has 118 valence electrons. The van der Waals surface area contributed by atoms with E-state index in [0.717, 1.165) is 6.07 Å². The Morgan fingerprint density at radius 2 is 1.91 bits per heavy atom. The Morgan fingerprint density at radius 1 is 1.23 bits per heavy atom. The van der Waals surface area contributed by atoms with Gasteiger partial charge in [-0.25, -0.2) is 14.4 Å². The van der Waals surface area contributed by atoms with Crippen LogP contribution in [0.4, 0.5) is 0 Å². The number of carboxylic acids is 3. The number of carbonyl (C=O) groups is 3. The van der Waals surface area contributed by atoms with Gasteiger partial charge in [-0.05, 0) is 12.1 Å². The monoisotopic (exact) mass is 312 g/mol. The molecule has 0 bridgehead atoms. The van der Waals surface area contributed by atoms with Gasteiger partial charge in [0.2, 0.25) is 5.76 Å². The molecule has 0 aromatic carbocycles. The van der Waals surface area contributed by atoms with Crippen LogP contribution in [-0.2, 0) is 9.59 Å². The number of hydrogen-bond donors (Lipinski definition) is 4. The van der Waals surface area contributed by atoms with E-state index < -0.39 is 53.6 Å². The lowest BCUT2D eigenvalue weighted by Crippen LogP contribution is -2.89. The van der Waals surface area contributed by atoms with E-state index >= 15 is 0 Å². The summed E-state index contributed by atoms with van der Waals surface area (Å²) in [5, 5.41) is 28.3. The van der Waals surface area contributed by atoms with Crippen LogP contribution in [0.25, 0.3) is 0 Å². The largest absolute Gasteiger partial charge is 0.481 e. The Labute approximate surface area is 123 Å². The highest BCUT2D eigenvalue weighted by Crippen LogP contribution is 2.29. The predicted molar refractivity (Wildman–Crippen MR) is 68.6 cm³/mol. The van der Waals surface area contributed by atoms with Crippen LogP contribution in [-0.4, -0.2) is 45.8 Å². The minimum atomic E-state index is -1.40. The Hall–Kier alpha value is -2.68. The number of aromatic carboxylic acids is 1. The van der Waals surface area contributed by atoms with E-state index in [-0.39, 0.29) is 12.1 Å². The maximum Gasteiger partial charge on any atom is 0.371 e. The molecule has 1 aromatic heterocycles. The van der Waals surface area contributed by atoms with Crippen molar-refractivity contribution in [3.05, 3.63) is 33.9 Å². The topological polar surface area (TPSA) is 159 Å². The van der Waals surface area contributed by atoms with Crippen molar-refractivity contribution in [3.8, 4) is 0 Å². The highest BCUT2D eigenvalue weighted by Gasteiger charge is 2.47. The number of carboxylic acid groups (broad SMARTS) is 3. The molecule has 0 amide bonds. The van der Waals surface area contributed by atoms with Crippen molar-refractivity contribution in [3.63, 3.8) is 0 Å². The molecule has 22 heavy (non-hydrogen) atoms. The first-order chi connectivity index (χ1) is 10.3. The highest BCUT2D eigenvalue weighted by molar-refractivity contribution is 5.84. The maximum atomic E-state index is 11.9. The molecule has 1 aromatic rings. The lowest BCUT2D eigenvalue weighted by atomic mass is 9.83. The molecule has 0 saturated carbocycles.